The molecule has 2 aromatic heterocycles. The van der Waals surface area contributed by atoms with Crippen molar-refractivity contribution in [2.45, 2.75) is 32.0 Å². The lowest BCUT2D eigenvalue weighted by Crippen LogP contribution is -2.25. The lowest BCUT2D eigenvalue weighted by molar-refractivity contribution is -0.139. The highest BCUT2D eigenvalue weighted by atomic mass is 32.2. The van der Waals surface area contributed by atoms with E-state index in [0.717, 1.165) is 23.0 Å². The van der Waals surface area contributed by atoms with E-state index in [1.54, 1.807) is 13.8 Å². The molecular weight excluding hydrogens is 424 g/mol. The van der Waals surface area contributed by atoms with Gasteiger partial charge in [0, 0.05) is 10.9 Å². The van der Waals surface area contributed by atoms with Gasteiger partial charge in [0.25, 0.3) is 0 Å². The molecule has 158 valence electrons. The van der Waals surface area contributed by atoms with Gasteiger partial charge in [0.15, 0.2) is 10.3 Å². The molecule has 0 bridgehead atoms. The van der Waals surface area contributed by atoms with Gasteiger partial charge in [-0.3, -0.25) is 14.2 Å². The Morgan fingerprint density at radius 1 is 1.30 bits per heavy atom. The molecule has 30 heavy (non-hydrogen) atoms. The van der Waals surface area contributed by atoms with Gasteiger partial charge in [0.05, 0.1) is 18.1 Å². The lowest BCUT2D eigenvalue weighted by Gasteiger charge is -2.15. The van der Waals surface area contributed by atoms with Crippen molar-refractivity contribution in [1.82, 2.24) is 19.7 Å². The summed E-state index contributed by atoms with van der Waals surface area (Å²) in [6.45, 7) is 5.73. The van der Waals surface area contributed by atoms with Crippen molar-refractivity contribution >= 4 is 46.1 Å². The highest BCUT2D eigenvalue weighted by molar-refractivity contribution is 7.99. The highest BCUT2D eigenvalue weighted by Gasteiger charge is 2.23. The summed E-state index contributed by atoms with van der Waals surface area (Å²) >= 11 is 2.45. The van der Waals surface area contributed by atoms with E-state index >= 15 is 0 Å². The van der Waals surface area contributed by atoms with Crippen LogP contribution in [-0.4, -0.2) is 44.0 Å². The molecule has 1 amide bonds. The van der Waals surface area contributed by atoms with Crippen molar-refractivity contribution in [3.05, 3.63) is 35.2 Å². The number of aryl methyl sites for hydroxylation is 1. The molecule has 1 unspecified atom stereocenters. The second-order valence-corrected chi connectivity index (χ2v) is 8.17. The van der Waals surface area contributed by atoms with Crippen LogP contribution in [0.3, 0.4) is 0 Å². The Bertz CT molecular complexity index is 1030. The summed E-state index contributed by atoms with van der Waals surface area (Å²) in [6, 6.07) is 7.31. The van der Waals surface area contributed by atoms with Gasteiger partial charge >= 0.3 is 5.97 Å². The number of hydrogen-bond acceptors (Lipinski definition) is 9. The fraction of sp³-hybridized carbons (Fsp3) is 0.316. The van der Waals surface area contributed by atoms with Crippen molar-refractivity contribution in [3.8, 4) is 11.3 Å². The van der Waals surface area contributed by atoms with Gasteiger partial charge in [-0.2, -0.15) is 0 Å². The lowest BCUT2D eigenvalue weighted by atomic mass is 10.1. The summed E-state index contributed by atoms with van der Waals surface area (Å²) in [7, 11) is 0. The molecule has 0 spiro atoms. The summed E-state index contributed by atoms with van der Waals surface area (Å²) in [5.74, 6) is -0.556. The predicted molar refractivity (Wildman–Crippen MR) is 117 cm³/mol. The first-order chi connectivity index (χ1) is 14.4. The molecule has 1 aromatic carbocycles. The number of nitrogens with two attached hydrogens (primary N) is 1. The fourth-order valence-corrected chi connectivity index (χ4v) is 4.13. The Balaban J connectivity index is 1.68. The number of amides is 1. The smallest absolute Gasteiger partial charge is 0.316 e. The first kappa shape index (κ1) is 21.8. The van der Waals surface area contributed by atoms with Crippen molar-refractivity contribution < 1.29 is 14.3 Å². The third kappa shape index (κ3) is 5.16. The molecular formula is C19H22N6O3S2. The van der Waals surface area contributed by atoms with Crippen LogP contribution in [0.1, 0.15) is 25.5 Å². The van der Waals surface area contributed by atoms with Gasteiger partial charge < -0.3 is 15.8 Å². The summed E-state index contributed by atoms with van der Waals surface area (Å²) < 4.78 is 6.39. The number of carbonyl (C=O) groups excluding carboxylic acids is 2. The van der Waals surface area contributed by atoms with Crippen LogP contribution in [0.2, 0.25) is 0 Å². The average molecular weight is 447 g/mol. The molecule has 0 radical (unpaired) electrons. The zero-order valence-electron chi connectivity index (χ0n) is 16.8. The number of benzene rings is 1. The molecule has 0 fully saturated rings. The zero-order valence-corrected chi connectivity index (χ0v) is 18.4. The zero-order chi connectivity index (χ0) is 21.7. The third-order valence-electron chi connectivity index (χ3n) is 4.16. The quantitative estimate of drug-likeness (QED) is 0.399. The van der Waals surface area contributed by atoms with E-state index in [9.17, 15) is 9.59 Å². The topological polar surface area (TPSA) is 125 Å². The minimum Gasteiger partial charge on any atom is -0.465 e. The molecule has 0 saturated carbocycles. The molecule has 9 nitrogen and oxygen atoms in total. The number of anilines is 2. The van der Waals surface area contributed by atoms with Crippen LogP contribution >= 0.6 is 23.1 Å². The Morgan fingerprint density at radius 3 is 2.73 bits per heavy atom. The molecule has 3 N–H and O–H groups in total. The van der Waals surface area contributed by atoms with Crippen LogP contribution in [0.25, 0.3) is 11.3 Å². The van der Waals surface area contributed by atoms with E-state index in [4.69, 9.17) is 10.5 Å². The van der Waals surface area contributed by atoms with Crippen LogP contribution in [0.5, 0.6) is 0 Å². The number of aromatic nitrogens is 4. The molecule has 0 saturated heterocycles. The highest BCUT2D eigenvalue weighted by Crippen LogP contribution is 2.27. The minimum absolute atomic E-state index is 0.0483. The second kappa shape index (κ2) is 9.72. The van der Waals surface area contributed by atoms with E-state index in [1.165, 1.54) is 21.5 Å². The Kier molecular flexibility index (Phi) is 7.06. The van der Waals surface area contributed by atoms with Crippen LogP contribution < -0.4 is 11.1 Å². The molecule has 2 heterocycles. The van der Waals surface area contributed by atoms with E-state index < -0.39 is 6.04 Å². The van der Waals surface area contributed by atoms with Gasteiger partial charge in [0.2, 0.25) is 11.9 Å². The largest absolute Gasteiger partial charge is 0.465 e. The van der Waals surface area contributed by atoms with Crippen LogP contribution in [0.4, 0.5) is 11.1 Å². The Labute approximate surface area is 182 Å². The predicted octanol–water partition coefficient (Wildman–Crippen LogP) is 3.15. The maximum Gasteiger partial charge on any atom is 0.316 e. The number of carbonyl (C=O) groups is 2. The molecule has 1 atom stereocenters. The summed E-state index contributed by atoms with van der Waals surface area (Å²) in [5.41, 5.74) is 8.83. The standard InChI is InChI=1S/C19H22N6O3S2/c1-4-28-15(26)10-30-19-24-23-17(20)25(19)12(3)16(27)22-18-21-14(9-29-18)13-7-5-11(2)6-8-13/h5-9,12H,4,10H2,1-3H3,(H2,20,23)(H,21,22,27). The third-order valence-corrected chi connectivity index (χ3v) is 5.84. The van der Waals surface area contributed by atoms with Gasteiger partial charge in [-0.25, -0.2) is 4.98 Å². The van der Waals surface area contributed by atoms with Crippen LogP contribution in [-0.2, 0) is 14.3 Å². The van der Waals surface area contributed by atoms with Crippen molar-refractivity contribution in [2.24, 2.45) is 0 Å². The number of thioether (sulfide) groups is 1. The summed E-state index contributed by atoms with van der Waals surface area (Å²) in [5, 5.41) is 13.3. The van der Waals surface area contributed by atoms with Crippen LogP contribution in [0, 0.1) is 6.92 Å². The van der Waals surface area contributed by atoms with Gasteiger partial charge in [-0.1, -0.05) is 41.6 Å². The monoisotopic (exact) mass is 446 g/mol. The maximum atomic E-state index is 12.8. The molecule has 11 heteroatoms. The minimum atomic E-state index is -0.698. The Hall–Kier alpha value is -2.92. The summed E-state index contributed by atoms with van der Waals surface area (Å²) in [4.78, 5) is 28.9. The van der Waals surface area contributed by atoms with E-state index in [0.29, 0.717) is 16.9 Å². The van der Waals surface area contributed by atoms with Crippen molar-refractivity contribution in [1.29, 1.82) is 0 Å². The molecule has 0 aliphatic carbocycles. The average Bonchev–Trinajstić information content (AvgIpc) is 3.33. The Morgan fingerprint density at radius 2 is 2.03 bits per heavy atom. The molecule has 0 aliphatic heterocycles. The van der Waals surface area contributed by atoms with Gasteiger partial charge in [0.1, 0.15) is 6.04 Å². The molecule has 0 aliphatic rings. The number of nitrogens with one attached hydrogen (secondary N) is 1. The van der Waals surface area contributed by atoms with E-state index in [1.807, 2.05) is 36.6 Å². The number of ether oxygens (including phenoxy) is 1. The number of hydrogen-bond donors (Lipinski definition) is 2. The number of thiazole rings is 1. The normalized spacial score (nSPS) is 11.8. The van der Waals surface area contributed by atoms with Crippen molar-refractivity contribution in [2.75, 3.05) is 23.4 Å². The van der Waals surface area contributed by atoms with Crippen molar-refractivity contribution in [3.63, 3.8) is 0 Å². The van der Waals surface area contributed by atoms with Gasteiger partial charge in [-0.05, 0) is 20.8 Å². The van der Waals surface area contributed by atoms with Gasteiger partial charge in [-0.15, -0.1) is 21.5 Å². The van der Waals surface area contributed by atoms with Crippen LogP contribution in [0.15, 0.2) is 34.8 Å². The SMILES string of the molecule is CCOC(=O)CSc1nnc(N)n1C(C)C(=O)Nc1nc(-c2ccc(C)cc2)cs1. The maximum absolute atomic E-state index is 12.8. The number of esters is 1. The first-order valence-corrected chi connectivity index (χ1v) is 11.1. The van der Waals surface area contributed by atoms with E-state index in [2.05, 4.69) is 20.5 Å². The summed E-state index contributed by atoms with van der Waals surface area (Å²) in [6.07, 6.45) is 0. The number of nitrogen functional groups attached to an aromatic ring is 1. The molecule has 3 rings (SSSR count). The molecule has 3 aromatic rings. The number of nitrogens with zero attached hydrogens (tertiary/aromatic N) is 4. The van der Waals surface area contributed by atoms with E-state index in [-0.39, 0.29) is 23.6 Å². The first-order valence-electron chi connectivity index (χ1n) is 9.21. The number of rotatable bonds is 8. The second-order valence-electron chi connectivity index (χ2n) is 6.37. The fourth-order valence-electron chi connectivity index (χ4n) is 2.59.